The first-order chi connectivity index (χ1) is 12.9. The molecule has 152 valence electrons. The third kappa shape index (κ3) is 6.84. The highest BCUT2D eigenvalue weighted by Crippen LogP contribution is 2.25. The van der Waals surface area contributed by atoms with E-state index in [2.05, 4.69) is 34.6 Å². The summed E-state index contributed by atoms with van der Waals surface area (Å²) in [5.74, 6) is 1.99. The van der Waals surface area contributed by atoms with E-state index >= 15 is 0 Å². The van der Waals surface area contributed by atoms with Gasteiger partial charge >= 0.3 is 6.03 Å². The number of urea groups is 1. The summed E-state index contributed by atoms with van der Waals surface area (Å²) in [6.45, 7) is 10.4. The lowest BCUT2D eigenvalue weighted by molar-refractivity contribution is -0.121. The fourth-order valence-electron chi connectivity index (χ4n) is 3.00. The molecule has 0 aliphatic carbocycles. The minimum absolute atomic E-state index is 0.0364. The van der Waals surface area contributed by atoms with Gasteiger partial charge in [-0.3, -0.25) is 4.79 Å². The van der Waals surface area contributed by atoms with Crippen molar-refractivity contribution in [2.75, 3.05) is 26.2 Å². The summed E-state index contributed by atoms with van der Waals surface area (Å²) in [5, 5.41) is 9.93. The van der Waals surface area contributed by atoms with E-state index in [1.165, 1.54) is 0 Å². The first kappa shape index (κ1) is 21.2. The largest absolute Gasteiger partial charge is 0.356 e. The maximum atomic E-state index is 12.4. The van der Waals surface area contributed by atoms with Gasteiger partial charge in [-0.25, -0.2) is 4.79 Å². The molecule has 1 aliphatic heterocycles. The van der Waals surface area contributed by atoms with Gasteiger partial charge in [0.05, 0.1) is 0 Å². The molecule has 0 bridgehead atoms. The molecule has 1 aromatic heterocycles. The van der Waals surface area contributed by atoms with E-state index in [1.807, 2.05) is 13.8 Å². The molecule has 1 atom stereocenters. The van der Waals surface area contributed by atoms with Crippen LogP contribution in [0.4, 0.5) is 4.79 Å². The van der Waals surface area contributed by atoms with Crippen molar-refractivity contribution in [3.05, 3.63) is 11.7 Å². The van der Waals surface area contributed by atoms with Crippen molar-refractivity contribution < 1.29 is 14.1 Å². The van der Waals surface area contributed by atoms with Crippen LogP contribution in [0.3, 0.4) is 0 Å². The minimum Gasteiger partial charge on any atom is -0.356 e. The zero-order valence-corrected chi connectivity index (χ0v) is 17.0. The van der Waals surface area contributed by atoms with E-state index in [0.717, 1.165) is 19.3 Å². The predicted octanol–water partition coefficient (Wildman–Crippen LogP) is 2.63. The van der Waals surface area contributed by atoms with Crippen molar-refractivity contribution in [1.82, 2.24) is 25.7 Å². The van der Waals surface area contributed by atoms with Gasteiger partial charge in [0.2, 0.25) is 11.8 Å². The number of carbonyl (C=O) groups excluding carboxylic acids is 2. The van der Waals surface area contributed by atoms with Gasteiger partial charge in [0.1, 0.15) is 0 Å². The number of aromatic nitrogens is 2. The Balaban J connectivity index is 2.02. The maximum absolute atomic E-state index is 12.4. The third-order valence-corrected chi connectivity index (χ3v) is 4.68. The molecule has 1 aromatic rings. The number of amides is 3. The molecule has 1 saturated heterocycles. The first-order valence-corrected chi connectivity index (χ1v) is 9.99. The molecule has 3 amide bonds. The van der Waals surface area contributed by atoms with Gasteiger partial charge in [0.25, 0.3) is 0 Å². The molecule has 8 nitrogen and oxygen atoms in total. The highest BCUT2D eigenvalue weighted by Gasteiger charge is 2.23. The van der Waals surface area contributed by atoms with E-state index < -0.39 is 0 Å². The quantitative estimate of drug-likeness (QED) is 0.837. The van der Waals surface area contributed by atoms with E-state index in [9.17, 15) is 9.59 Å². The van der Waals surface area contributed by atoms with Gasteiger partial charge in [-0.15, -0.1) is 0 Å². The van der Waals surface area contributed by atoms with Crippen LogP contribution in [0.15, 0.2) is 4.52 Å². The SMILES string of the molecule is CC(C)CNC(=O)N1CCCC(c2nc(C(C)C)no2)CCNC(=O)CC1. The van der Waals surface area contributed by atoms with Crippen LogP contribution >= 0.6 is 0 Å². The number of hydrogen-bond acceptors (Lipinski definition) is 5. The second-order valence-electron chi connectivity index (χ2n) is 7.94. The molecule has 0 saturated carbocycles. The van der Waals surface area contributed by atoms with Gasteiger partial charge in [-0.2, -0.15) is 4.98 Å². The molecule has 2 N–H and O–H groups in total. The average Bonchev–Trinajstić information content (AvgIpc) is 3.09. The van der Waals surface area contributed by atoms with Crippen molar-refractivity contribution in [2.45, 2.75) is 65.2 Å². The summed E-state index contributed by atoms with van der Waals surface area (Å²) in [4.78, 5) is 30.7. The van der Waals surface area contributed by atoms with Crippen LogP contribution in [0, 0.1) is 5.92 Å². The lowest BCUT2D eigenvalue weighted by Gasteiger charge is -2.23. The van der Waals surface area contributed by atoms with E-state index in [0.29, 0.717) is 50.2 Å². The number of nitrogens with one attached hydrogen (secondary N) is 2. The van der Waals surface area contributed by atoms with E-state index in [-0.39, 0.29) is 23.8 Å². The van der Waals surface area contributed by atoms with Crippen LogP contribution in [0.1, 0.15) is 76.9 Å². The topological polar surface area (TPSA) is 100 Å². The standard InChI is InChI=1S/C19H33N5O3/c1-13(2)12-21-19(26)24-10-5-6-15(7-9-20-16(25)8-11-24)18-22-17(14(3)4)23-27-18/h13-15H,5-12H2,1-4H3,(H,20,25)(H,21,26). The summed E-state index contributed by atoms with van der Waals surface area (Å²) >= 11 is 0. The zero-order chi connectivity index (χ0) is 19.8. The van der Waals surface area contributed by atoms with Crippen LogP contribution in [-0.2, 0) is 4.79 Å². The van der Waals surface area contributed by atoms with Gasteiger partial charge < -0.3 is 20.1 Å². The summed E-state index contributed by atoms with van der Waals surface area (Å²) in [7, 11) is 0. The molecule has 0 spiro atoms. The van der Waals surface area contributed by atoms with Crippen LogP contribution in [0.2, 0.25) is 0 Å². The fraction of sp³-hybridized carbons (Fsp3) is 0.789. The Morgan fingerprint density at radius 1 is 1.30 bits per heavy atom. The highest BCUT2D eigenvalue weighted by molar-refractivity contribution is 5.78. The van der Waals surface area contributed by atoms with Crippen LogP contribution in [0.25, 0.3) is 0 Å². The highest BCUT2D eigenvalue weighted by atomic mass is 16.5. The maximum Gasteiger partial charge on any atom is 0.317 e. The second-order valence-corrected chi connectivity index (χ2v) is 7.94. The molecule has 0 radical (unpaired) electrons. The van der Waals surface area contributed by atoms with Gasteiger partial charge in [-0.1, -0.05) is 32.9 Å². The number of hydrogen-bond donors (Lipinski definition) is 2. The number of nitrogens with zero attached hydrogens (tertiary/aromatic N) is 3. The Labute approximate surface area is 161 Å². The molecule has 0 aromatic carbocycles. The molecule has 2 heterocycles. The number of rotatable bonds is 4. The predicted molar refractivity (Wildman–Crippen MR) is 102 cm³/mol. The zero-order valence-electron chi connectivity index (χ0n) is 17.0. The van der Waals surface area contributed by atoms with Crippen molar-refractivity contribution in [3.63, 3.8) is 0 Å². The molecule has 2 rings (SSSR count). The first-order valence-electron chi connectivity index (χ1n) is 9.99. The molecular formula is C19H33N5O3. The number of carbonyl (C=O) groups is 2. The molecule has 8 heteroatoms. The Hall–Kier alpha value is -2.12. The fourth-order valence-corrected chi connectivity index (χ4v) is 3.00. The van der Waals surface area contributed by atoms with Crippen LogP contribution in [-0.4, -0.2) is 53.2 Å². The van der Waals surface area contributed by atoms with Crippen LogP contribution in [0.5, 0.6) is 0 Å². The molecule has 27 heavy (non-hydrogen) atoms. The molecular weight excluding hydrogens is 346 g/mol. The molecule has 1 unspecified atom stereocenters. The average molecular weight is 380 g/mol. The Morgan fingerprint density at radius 2 is 2.07 bits per heavy atom. The van der Waals surface area contributed by atoms with Crippen LogP contribution < -0.4 is 10.6 Å². The Morgan fingerprint density at radius 3 is 2.74 bits per heavy atom. The van der Waals surface area contributed by atoms with Crippen molar-refractivity contribution in [3.8, 4) is 0 Å². The lowest BCUT2D eigenvalue weighted by Crippen LogP contribution is -2.43. The molecule has 1 aliphatic rings. The summed E-state index contributed by atoms with van der Waals surface area (Å²) in [6.07, 6.45) is 2.74. The second kappa shape index (κ2) is 10.3. The summed E-state index contributed by atoms with van der Waals surface area (Å²) in [6, 6.07) is -0.104. The normalized spacial score (nSPS) is 19.7. The van der Waals surface area contributed by atoms with Crippen molar-refractivity contribution in [2.24, 2.45) is 5.92 Å². The molecule has 1 fully saturated rings. The van der Waals surface area contributed by atoms with Gasteiger partial charge in [-0.05, 0) is 25.2 Å². The Bertz CT molecular complexity index is 614. The Kier molecular flexibility index (Phi) is 8.06. The smallest absolute Gasteiger partial charge is 0.317 e. The van der Waals surface area contributed by atoms with Gasteiger partial charge in [0.15, 0.2) is 5.82 Å². The third-order valence-electron chi connectivity index (χ3n) is 4.68. The monoisotopic (exact) mass is 379 g/mol. The van der Waals surface area contributed by atoms with Crippen molar-refractivity contribution in [1.29, 1.82) is 0 Å². The van der Waals surface area contributed by atoms with Crippen molar-refractivity contribution >= 4 is 11.9 Å². The lowest BCUT2D eigenvalue weighted by atomic mass is 9.99. The minimum atomic E-state index is -0.104. The van der Waals surface area contributed by atoms with E-state index in [4.69, 9.17) is 4.52 Å². The summed E-state index contributed by atoms with van der Waals surface area (Å²) in [5.41, 5.74) is 0. The van der Waals surface area contributed by atoms with E-state index in [1.54, 1.807) is 4.90 Å². The van der Waals surface area contributed by atoms with Gasteiger partial charge in [0, 0.05) is 44.4 Å². The summed E-state index contributed by atoms with van der Waals surface area (Å²) < 4.78 is 5.46.